The Morgan fingerprint density at radius 1 is 0.966 bits per heavy atom. The first-order valence-corrected chi connectivity index (χ1v) is 12.3. The van der Waals surface area contributed by atoms with Crippen LogP contribution in [0, 0.1) is 46.3 Å². The number of esters is 1. The molecule has 0 radical (unpaired) electrons. The molecule has 8 atom stereocenters. The van der Waals surface area contributed by atoms with Crippen LogP contribution in [0.5, 0.6) is 0 Å². The van der Waals surface area contributed by atoms with Crippen LogP contribution < -0.4 is 0 Å². The molecule has 29 heavy (non-hydrogen) atoms. The Bertz CT molecular complexity index is 547. The van der Waals surface area contributed by atoms with Crippen LogP contribution in [0.4, 0.5) is 0 Å². The molecule has 0 spiro atoms. The van der Waals surface area contributed by atoms with Crippen molar-refractivity contribution in [2.75, 3.05) is 0 Å². The van der Waals surface area contributed by atoms with Crippen LogP contribution in [0.3, 0.4) is 0 Å². The summed E-state index contributed by atoms with van der Waals surface area (Å²) >= 11 is 0. The summed E-state index contributed by atoms with van der Waals surface area (Å²) in [4.78, 5) is 12.7. The van der Waals surface area contributed by atoms with Crippen LogP contribution in [0.15, 0.2) is 0 Å². The molecule has 3 aliphatic carbocycles. The average Bonchev–Trinajstić information content (AvgIpc) is 3.27. The van der Waals surface area contributed by atoms with Crippen molar-refractivity contribution in [2.24, 2.45) is 46.3 Å². The monoisotopic (exact) mass is 408 g/mol. The third kappa shape index (κ3) is 5.38. The molecule has 3 heteroatoms. The van der Waals surface area contributed by atoms with Gasteiger partial charge in [0, 0.05) is 6.42 Å². The van der Waals surface area contributed by atoms with Gasteiger partial charge >= 0.3 is 5.97 Å². The first kappa shape index (κ1) is 24.7. The summed E-state index contributed by atoms with van der Waals surface area (Å²) in [6.45, 7) is 21.4. The van der Waals surface area contributed by atoms with E-state index in [1.807, 2.05) is 34.6 Å². The van der Waals surface area contributed by atoms with E-state index in [2.05, 4.69) is 34.6 Å². The molecule has 0 aromatic rings. The minimum absolute atomic E-state index is 0.0661. The number of carbonyl (C=O) groups is 1. The minimum Gasteiger partial charge on any atom is -0.435 e. The molecule has 3 saturated carbocycles. The van der Waals surface area contributed by atoms with Gasteiger partial charge in [-0.3, -0.25) is 4.79 Å². The van der Waals surface area contributed by atoms with Crippen LogP contribution in [-0.4, -0.2) is 18.4 Å². The van der Waals surface area contributed by atoms with Crippen molar-refractivity contribution < 1.29 is 14.3 Å². The Hall–Kier alpha value is -0.570. The van der Waals surface area contributed by atoms with E-state index in [1.165, 1.54) is 12.8 Å². The molecular formula is C26H48O3. The molecule has 3 rings (SSSR count). The third-order valence-electron chi connectivity index (χ3n) is 7.91. The maximum atomic E-state index is 12.7. The van der Waals surface area contributed by atoms with Gasteiger partial charge in [0.05, 0.1) is 11.5 Å². The molecule has 0 aromatic carbocycles. The molecule has 170 valence electrons. The van der Waals surface area contributed by atoms with E-state index in [0.717, 1.165) is 48.9 Å². The Balaban J connectivity index is 0.00000145. The highest BCUT2D eigenvalue weighted by Gasteiger charge is 2.59. The van der Waals surface area contributed by atoms with E-state index < -0.39 is 11.7 Å². The highest BCUT2D eigenvalue weighted by molar-refractivity contribution is 5.75. The van der Waals surface area contributed by atoms with Gasteiger partial charge in [0.25, 0.3) is 0 Å². The molecule has 0 heterocycles. The summed E-state index contributed by atoms with van der Waals surface area (Å²) in [7, 11) is 0. The highest BCUT2D eigenvalue weighted by atomic mass is 16.7. The molecule has 3 aliphatic rings. The van der Waals surface area contributed by atoms with Gasteiger partial charge in [-0.25, -0.2) is 0 Å². The summed E-state index contributed by atoms with van der Waals surface area (Å²) in [6, 6.07) is 0. The molecule has 0 N–H and O–H groups in total. The highest BCUT2D eigenvalue weighted by Crippen LogP contribution is 2.63. The Morgan fingerprint density at radius 3 is 2.10 bits per heavy atom. The quantitative estimate of drug-likeness (QED) is 0.348. The summed E-state index contributed by atoms with van der Waals surface area (Å²) in [5, 5.41) is 0. The molecule has 2 bridgehead atoms. The normalized spacial score (nSPS) is 37.0. The van der Waals surface area contributed by atoms with Gasteiger partial charge in [0.1, 0.15) is 0 Å². The summed E-state index contributed by atoms with van der Waals surface area (Å²) < 4.78 is 12.5. The molecule has 8 unspecified atom stereocenters. The first-order valence-electron chi connectivity index (χ1n) is 12.3. The van der Waals surface area contributed by atoms with Gasteiger partial charge in [-0.05, 0) is 80.5 Å². The predicted octanol–water partition coefficient (Wildman–Crippen LogP) is 7.09. The largest absolute Gasteiger partial charge is 0.435 e. The Kier molecular flexibility index (Phi) is 7.91. The van der Waals surface area contributed by atoms with Crippen molar-refractivity contribution in [3.63, 3.8) is 0 Å². The average molecular weight is 409 g/mol. The Morgan fingerprint density at radius 2 is 1.55 bits per heavy atom. The van der Waals surface area contributed by atoms with Crippen molar-refractivity contribution in [1.29, 1.82) is 0 Å². The first-order chi connectivity index (χ1) is 13.4. The number of ether oxygens (including phenoxy) is 2. The van der Waals surface area contributed by atoms with Crippen molar-refractivity contribution in [2.45, 2.75) is 114 Å². The van der Waals surface area contributed by atoms with Gasteiger partial charge < -0.3 is 9.47 Å². The number of hydrogen-bond donors (Lipinski definition) is 0. The Labute approximate surface area is 180 Å². The van der Waals surface area contributed by atoms with E-state index >= 15 is 0 Å². The summed E-state index contributed by atoms with van der Waals surface area (Å²) in [5.74, 6) is 4.78. The van der Waals surface area contributed by atoms with Crippen LogP contribution in [0.1, 0.15) is 101 Å². The fourth-order valence-corrected chi connectivity index (χ4v) is 6.33. The number of rotatable bonds is 6. The second kappa shape index (κ2) is 9.28. The second-order valence-corrected chi connectivity index (χ2v) is 11.8. The number of hydrogen-bond acceptors (Lipinski definition) is 3. The summed E-state index contributed by atoms with van der Waals surface area (Å²) in [5.41, 5.74) is -0.384. The smallest absolute Gasteiger partial charge is 0.313 e. The maximum Gasteiger partial charge on any atom is 0.313 e. The van der Waals surface area contributed by atoms with E-state index in [1.54, 1.807) is 0 Å². The molecule has 0 amide bonds. The summed E-state index contributed by atoms with van der Waals surface area (Å²) in [6.07, 6.45) is 5.26. The fraction of sp³-hybridized carbons (Fsp3) is 0.962. The lowest BCUT2D eigenvalue weighted by Gasteiger charge is -2.38. The fourth-order valence-electron chi connectivity index (χ4n) is 6.33. The second-order valence-electron chi connectivity index (χ2n) is 11.8. The molecule has 0 saturated heterocycles. The van der Waals surface area contributed by atoms with Crippen LogP contribution in [0.25, 0.3) is 0 Å². The lowest BCUT2D eigenvalue weighted by molar-refractivity contribution is -0.213. The zero-order valence-electron chi connectivity index (χ0n) is 20.9. The van der Waals surface area contributed by atoms with Gasteiger partial charge in [-0.2, -0.15) is 0 Å². The molecular weight excluding hydrogens is 360 g/mol. The van der Waals surface area contributed by atoms with Crippen molar-refractivity contribution >= 4 is 5.97 Å². The molecule has 0 aromatic heterocycles. The van der Waals surface area contributed by atoms with Crippen LogP contribution >= 0.6 is 0 Å². The zero-order valence-corrected chi connectivity index (χ0v) is 20.9. The molecule has 3 nitrogen and oxygen atoms in total. The maximum absolute atomic E-state index is 12.7. The van der Waals surface area contributed by atoms with Gasteiger partial charge in [-0.15, -0.1) is 0 Å². The minimum atomic E-state index is -0.450. The van der Waals surface area contributed by atoms with Crippen LogP contribution in [0.2, 0.25) is 0 Å². The van der Waals surface area contributed by atoms with E-state index in [9.17, 15) is 4.79 Å². The van der Waals surface area contributed by atoms with Gasteiger partial charge in [0.2, 0.25) is 6.29 Å². The predicted molar refractivity (Wildman–Crippen MR) is 120 cm³/mol. The zero-order chi connectivity index (χ0) is 22.1. The van der Waals surface area contributed by atoms with E-state index in [-0.39, 0.29) is 17.5 Å². The van der Waals surface area contributed by atoms with E-state index in [4.69, 9.17) is 9.47 Å². The number of fused-ring (bicyclic) bond motifs is 5. The topological polar surface area (TPSA) is 35.5 Å². The SMILES string of the molecule is CC.CCC(C)(C)C(=O)OC(CC(C)(C)C)OC1CC2CC1C1C(C)CC(C)C21. The standard InChI is InChI=1S/C24H42O3.C2H6/c1-9-24(7,8)22(25)27-19(13-23(4,5)6)26-18-12-16-11-17(18)21-15(3)10-14(2)20(16)21;1-2/h14-21H,9-13H2,1-8H3;1-2H3. The van der Waals surface area contributed by atoms with Crippen molar-refractivity contribution in [3.05, 3.63) is 0 Å². The van der Waals surface area contributed by atoms with Crippen molar-refractivity contribution in [3.8, 4) is 0 Å². The lowest BCUT2D eigenvalue weighted by atomic mass is 9.75. The van der Waals surface area contributed by atoms with E-state index in [0.29, 0.717) is 5.92 Å². The third-order valence-corrected chi connectivity index (χ3v) is 7.91. The lowest BCUT2D eigenvalue weighted by Crippen LogP contribution is -2.40. The number of carbonyl (C=O) groups excluding carboxylic acids is 1. The van der Waals surface area contributed by atoms with Gasteiger partial charge in [-0.1, -0.05) is 55.4 Å². The molecule has 3 fully saturated rings. The molecule has 0 aliphatic heterocycles. The van der Waals surface area contributed by atoms with Crippen molar-refractivity contribution in [1.82, 2.24) is 0 Å². The van der Waals surface area contributed by atoms with Gasteiger partial charge in [0.15, 0.2) is 0 Å². The van der Waals surface area contributed by atoms with Crippen LogP contribution in [-0.2, 0) is 14.3 Å².